The lowest BCUT2D eigenvalue weighted by atomic mass is 10.1. The maximum Gasteiger partial charge on any atom is 0.337 e. The third-order valence-corrected chi connectivity index (χ3v) is 3.09. The van der Waals surface area contributed by atoms with Crippen LogP contribution in [0.1, 0.15) is 20.7 Å². The number of rotatable bonds is 3. The first-order valence-corrected chi connectivity index (χ1v) is 6.37. The SMILES string of the molecule is COC(=O)c1ccc(NC(=O)c2cc(O)ccc2Cl)cc1. The lowest BCUT2D eigenvalue weighted by Gasteiger charge is -2.08. The maximum absolute atomic E-state index is 12.1. The Labute approximate surface area is 126 Å². The molecule has 0 aliphatic rings. The van der Waals surface area contributed by atoms with E-state index in [9.17, 15) is 14.7 Å². The highest BCUT2D eigenvalue weighted by Gasteiger charge is 2.12. The van der Waals surface area contributed by atoms with Gasteiger partial charge in [0.05, 0.1) is 23.3 Å². The molecule has 0 bridgehead atoms. The molecule has 6 heteroatoms. The number of phenolic OH excluding ortho intramolecular Hbond substituents is 1. The van der Waals surface area contributed by atoms with Gasteiger partial charge in [-0.25, -0.2) is 4.79 Å². The molecule has 0 atom stereocenters. The third kappa shape index (κ3) is 3.52. The summed E-state index contributed by atoms with van der Waals surface area (Å²) < 4.78 is 4.58. The normalized spacial score (nSPS) is 10.0. The second-order valence-electron chi connectivity index (χ2n) is 4.19. The number of benzene rings is 2. The molecule has 1 amide bonds. The number of ether oxygens (including phenoxy) is 1. The molecule has 0 radical (unpaired) electrons. The molecule has 2 aromatic carbocycles. The zero-order valence-electron chi connectivity index (χ0n) is 11.1. The van der Waals surface area contributed by atoms with Gasteiger partial charge in [0, 0.05) is 5.69 Å². The van der Waals surface area contributed by atoms with E-state index in [-0.39, 0.29) is 16.3 Å². The van der Waals surface area contributed by atoms with Crippen LogP contribution in [0.15, 0.2) is 42.5 Å². The van der Waals surface area contributed by atoms with Gasteiger partial charge >= 0.3 is 5.97 Å². The summed E-state index contributed by atoms with van der Waals surface area (Å²) in [6.45, 7) is 0. The van der Waals surface area contributed by atoms with Crippen molar-refractivity contribution in [3.63, 3.8) is 0 Å². The molecule has 0 aromatic heterocycles. The minimum atomic E-state index is -0.457. The Morgan fingerprint density at radius 1 is 1.14 bits per heavy atom. The lowest BCUT2D eigenvalue weighted by molar-refractivity contribution is 0.0600. The molecule has 0 saturated carbocycles. The van der Waals surface area contributed by atoms with E-state index in [4.69, 9.17) is 11.6 Å². The smallest absolute Gasteiger partial charge is 0.337 e. The number of aromatic hydroxyl groups is 1. The van der Waals surface area contributed by atoms with E-state index in [1.54, 1.807) is 12.1 Å². The number of carbonyl (C=O) groups is 2. The summed E-state index contributed by atoms with van der Waals surface area (Å²) in [6, 6.07) is 10.3. The Bertz CT molecular complexity index is 683. The predicted molar refractivity (Wildman–Crippen MR) is 78.9 cm³/mol. The van der Waals surface area contributed by atoms with Gasteiger partial charge in [-0.2, -0.15) is 0 Å². The number of amides is 1. The van der Waals surface area contributed by atoms with Crippen molar-refractivity contribution >= 4 is 29.2 Å². The van der Waals surface area contributed by atoms with E-state index < -0.39 is 11.9 Å². The van der Waals surface area contributed by atoms with Gasteiger partial charge in [0.2, 0.25) is 0 Å². The summed E-state index contributed by atoms with van der Waals surface area (Å²) in [5.74, 6) is -0.962. The Balaban J connectivity index is 2.16. The highest BCUT2D eigenvalue weighted by atomic mass is 35.5. The average molecular weight is 306 g/mol. The monoisotopic (exact) mass is 305 g/mol. The summed E-state index contributed by atoms with van der Waals surface area (Å²) in [7, 11) is 1.29. The molecule has 0 unspecified atom stereocenters. The average Bonchev–Trinajstić information content (AvgIpc) is 2.49. The third-order valence-electron chi connectivity index (χ3n) is 2.76. The van der Waals surface area contributed by atoms with Crippen LogP contribution in [0.2, 0.25) is 5.02 Å². The zero-order valence-corrected chi connectivity index (χ0v) is 11.8. The predicted octanol–water partition coefficient (Wildman–Crippen LogP) is 3.08. The topological polar surface area (TPSA) is 75.6 Å². The van der Waals surface area contributed by atoms with Crippen LogP contribution in [-0.2, 0) is 4.74 Å². The van der Waals surface area contributed by atoms with Crippen LogP contribution in [0.4, 0.5) is 5.69 Å². The second kappa shape index (κ2) is 6.28. The van der Waals surface area contributed by atoms with Crippen LogP contribution >= 0.6 is 11.6 Å². The molecule has 0 saturated heterocycles. The zero-order chi connectivity index (χ0) is 15.4. The molecule has 0 aliphatic heterocycles. The van der Waals surface area contributed by atoms with E-state index >= 15 is 0 Å². The van der Waals surface area contributed by atoms with E-state index in [1.165, 1.54) is 37.4 Å². The van der Waals surface area contributed by atoms with Crippen molar-refractivity contribution in [2.75, 3.05) is 12.4 Å². The molecular weight excluding hydrogens is 294 g/mol. The molecule has 5 nitrogen and oxygen atoms in total. The quantitative estimate of drug-likeness (QED) is 0.854. The van der Waals surface area contributed by atoms with E-state index in [0.717, 1.165) is 0 Å². The number of esters is 1. The number of hydrogen-bond acceptors (Lipinski definition) is 4. The van der Waals surface area contributed by atoms with Crippen LogP contribution in [0, 0.1) is 0 Å². The van der Waals surface area contributed by atoms with Gasteiger partial charge in [0.15, 0.2) is 0 Å². The summed E-state index contributed by atoms with van der Waals surface area (Å²) in [6.07, 6.45) is 0. The van der Waals surface area contributed by atoms with Crippen LogP contribution in [-0.4, -0.2) is 24.1 Å². The van der Waals surface area contributed by atoms with Gasteiger partial charge in [-0.1, -0.05) is 11.6 Å². The van der Waals surface area contributed by atoms with Crippen molar-refractivity contribution in [2.24, 2.45) is 0 Å². The molecule has 2 rings (SSSR count). The van der Waals surface area contributed by atoms with Gasteiger partial charge in [-0.15, -0.1) is 0 Å². The summed E-state index contributed by atoms with van der Waals surface area (Å²) in [4.78, 5) is 23.4. The fraction of sp³-hybridized carbons (Fsp3) is 0.0667. The number of nitrogens with one attached hydrogen (secondary N) is 1. The number of hydrogen-bond donors (Lipinski definition) is 2. The molecule has 108 valence electrons. The van der Waals surface area contributed by atoms with Gasteiger partial charge in [0.1, 0.15) is 5.75 Å². The number of carbonyl (C=O) groups excluding carboxylic acids is 2. The van der Waals surface area contributed by atoms with Crippen LogP contribution in [0.5, 0.6) is 5.75 Å². The fourth-order valence-corrected chi connectivity index (χ4v) is 1.90. The Hall–Kier alpha value is -2.53. The first kappa shape index (κ1) is 14.9. The van der Waals surface area contributed by atoms with Crippen molar-refractivity contribution in [3.05, 3.63) is 58.6 Å². The Morgan fingerprint density at radius 3 is 2.43 bits per heavy atom. The van der Waals surface area contributed by atoms with Gasteiger partial charge in [0.25, 0.3) is 5.91 Å². The molecule has 0 heterocycles. The Morgan fingerprint density at radius 2 is 1.81 bits per heavy atom. The van der Waals surface area contributed by atoms with Crippen molar-refractivity contribution in [3.8, 4) is 5.75 Å². The van der Waals surface area contributed by atoms with Crippen LogP contribution in [0.25, 0.3) is 0 Å². The highest BCUT2D eigenvalue weighted by molar-refractivity contribution is 6.34. The standard InChI is InChI=1S/C15H12ClNO4/c1-21-15(20)9-2-4-10(5-3-9)17-14(19)12-8-11(18)6-7-13(12)16/h2-8,18H,1H3,(H,17,19). The second-order valence-corrected chi connectivity index (χ2v) is 4.59. The van der Waals surface area contributed by atoms with Crippen molar-refractivity contribution in [1.29, 1.82) is 0 Å². The van der Waals surface area contributed by atoms with Crippen molar-refractivity contribution in [1.82, 2.24) is 0 Å². The van der Waals surface area contributed by atoms with Crippen molar-refractivity contribution < 1.29 is 19.4 Å². The summed E-state index contributed by atoms with van der Waals surface area (Å²) >= 11 is 5.91. The summed E-state index contributed by atoms with van der Waals surface area (Å²) in [5, 5.41) is 12.2. The highest BCUT2D eigenvalue weighted by Crippen LogP contribution is 2.22. The molecule has 21 heavy (non-hydrogen) atoms. The maximum atomic E-state index is 12.1. The molecule has 2 aromatic rings. The summed E-state index contributed by atoms with van der Waals surface area (Å²) in [5.41, 5.74) is 1.03. The first-order valence-electron chi connectivity index (χ1n) is 5.99. The Kier molecular flexibility index (Phi) is 4.45. The van der Waals surface area contributed by atoms with E-state index in [2.05, 4.69) is 10.1 Å². The van der Waals surface area contributed by atoms with Crippen LogP contribution in [0.3, 0.4) is 0 Å². The lowest BCUT2D eigenvalue weighted by Crippen LogP contribution is -2.12. The van der Waals surface area contributed by atoms with Gasteiger partial charge < -0.3 is 15.2 Å². The molecule has 0 aliphatic carbocycles. The fourth-order valence-electron chi connectivity index (χ4n) is 1.69. The molecular formula is C15H12ClNO4. The number of methoxy groups -OCH3 is 1. The van der Waals surface area contributed by atoms with E-state index in [1.807, 2.05) is 0 Å². The molecule has 0 fully saturated rings. The number of halogens is 1. The van der Waals surface area contributed by atoms with Gasteiger partial charge in [-0.05, 0) is 42.5 Å². The minimum Gasteiger partial charge on any atom is -0.508 e. The number of phenols is 1. The minimum absolute atomic E-state index is 0.0504. The van der Waals surface area contributed by atoms with Crippen LogP contribution < -0.4 is 5.32 Å². The van der Waals surface area contributed by atoms with Crippen molar-refractivity contribution in [2.45, 2.75) is 0 Å². The molecule has 0 spiro atoms. The van der Waals surface area contributed by atoms with E-state index in [0.29, 0.717) is 11.3 Å². The van der Waals surface area contributed by atoms with Gasteiger partial charge in [-0.3, -0.25) is 4.79 Å². The first-order chi connectivity index (χ1) is 10.0. The number of anilines is 1. The largest absolute Gasteiger partial charge is 0.508 e. The molecule has 2 N–H and O–H groups in total.